The van der Waals surface area contributed by atoms with Crippen molar-refractivity contribution in [2.24, 2.45) is 5.92 Å². The second kappa shape index (κ2) is 8.20. The van der Waals surface area contributed by atoms with Crippen LogP contribution in [-0.4, -0.2) is 53.7 Å². The lowest BCUT2D eigenvalue weighted by Crippen LogP contribution is -2.43. The van der Waals surface area contributed by atoms with E-state index in [0.29, 0.717) is 30.8 Å². The fourth-order valence-electron chi connectivity index (χ4n) is 4.05. The van der Waals surface area contributed by atoms with Crippen LogP contribution < -0.4 is 9.64 Å². The predicted octanol–water partition coefficient (Wildman–Crippen LogP) is 2.86. The van der Waals surface area contributed by atoms with E-state index in [1.807, 2.05) is 0 Å². The summed E-state index contributed by atoms with van der Waals surface area (Å²) in [4.78, 5) is 28.7. The monoisotopic (exact) mass is 438 g/mol. The van der Waals surface area contributed by atoms with E-state index in [9.17, 15) is 22.8 Å². The smallest absolute Gasteiger partial charge is 0.470 e. The fraction of sp³-hybridized carbons (Fsp3) is 0.500. The Kier molecular flexibility index (Phi) is 5.59. The third-order valence-corrected chi connectivity index (χ3v) is 5.60. The molecule has 3 heterocycles. The summed E-state index contributed by atoms with van der Waals surface area (Å²) in [6, 6.07) is 7.04. The lowest BCUT2D eigenvalue weighted by molar-refractivity contribution is -0.157. The molecule has 11 heteroatoms. The van der Waals surface area contributed by atoms with Gasteiger partial charge in [0.1, 0.15) is 5.75 Å². The van der Waals surface area contributed by atoms with Crippen LogP contribution in [0.3, 0.4) is 0 Å². The second-order valence-corrected chi connectivity index (χ2v) is 7.67. The molecule has 4 rings (SSSR count). The molecule has 1 aromatic carbocycles. The van der Waals surface area contributed by atoms with Crippen LogP contribution in [0.15, 0.2) is 28.7 Å². The van der Waals surface area contributed by atoms with E-state index in [1.165, 1.54) is 7.11 Å². The van der Waals surface area contributed by atoms with Crippen molar-refractivity contribution in [3.05, 3.63) is 36.0 Å². The molecule has 2 saturated heterocycles. The minimum absolute atomic E-state index is 0.0794. The molecule has 2 amide bonds. The summed E-state index contributed by atoms with van der Waals surface area (Å²) >= 11 is 0. The third-order valence-electron chi connectivity index (χ3n) is 5.60. The van der Waals surface area contributed by atoms with Crippen molar-refractivity contribution in [2.45, 2.75) is 31.4 Å². The highest BCUT2D eigenvalue weighted by molar-refractivity contribution is 6.00. The minimum Gasteiger partial charge on any atom is -0.497 e. The summed E-state index contributed by atoms with van der Waals surface area (Å²) in [6.45, 7) is 0.895. The minimum atomic E-state index is -4.71. The molecule has 8 nitrogen and oxygen atoms in total. The van der Waals surface area contributed by atoms with Gasteiger partial charge in [0.05, 0.1) is 18.9 Å². The Bertz CT molecular complexity index is 977. The Hall–Kier alpha value is -3.11. The quantitative estimate of drug-likeness (QED) is 0.730. The molecule has 31 heavy (non-hydrogen) atoms. The van der Waals surface area contributed by atoms with E-state index >= 15 is 0 Å². The molecule has 2 atom stereocenters. The van der Waals surface area contributed by atoms with Crippen LogP contribution in [0.4, 0.5) is 18.9 Å². The number of halogens is 3. The van der Waals surface area contributed by atoms with Crippen molar-refractivity contribution >= 4 is 17.5 Å². The highest BCUT2D eigenvalue weighted by atomic mass is 19.4. The lowest BCUT2D eigenvalue weighted by atomic mass is 9.96. The van der Waals surface area contributed by atoms with Gasteiger partial charge in [-0.05, 0) is 25.0 Å². The Morgan fingerprint density at radius 2 is 2.06 bits per heavy atom. The molecule has 0 radical (unpaired) electrons. The Labute approximate surface area is 176 Å². The standard InChI is InChI=1S/C20H21F3N4O4/c1-30-15-6-2-5-14(9-15)27-11-13(8-16(27)28)18(29)26-7-3-4-12(10-26)17-24-25-19(31-17)20(21,22)23/h2,5-6,9,12-13H,3-4,7-8,10-11H2,1H3. The molecule has 0 saturated carbocycles. The van der Waals surface area contributed by atoms with Crippen molar-refractivity contribution < 1.29 is 31.9 Å². The molecule has 2 unspecified atom stereocenters. The first kappa shape index (κ1) is 21.1. The van der Waals surface area contributed by atoms with Crippen LogP contribution in [-0.2, 0) is 15.8 Å². The topological polar surface area (TPSA) is 88.8 Å². The average Bonchev–Trinajstić information content (AvgIpc) is 3.41. The zero-order chi connectivity index (χ0) is 22.2. The van der Waals surface area contributed by atoms with Gasteiger partial charge in [0.25, 0.3) is 0 Å². The number of hydrogen-bond donors (Lipinski definition) is 0. The number of methoxy groups -OCH3 is 1. The first-order valence-corrected chi connectivity index (χ1v) is 9.90. The Balaban J connectivity index is 1.43. The van der Waals surface area contributed by atoms with Gasteiger partial charge in [-0.1, -0.05) is 6.07 Å². The summed E-state index contributed by atoms with van der Waals surface area (Å²) in [6.07, 6.45) is -3.48. The van der Waals surface area contributed by atoms with E-state index in [2.05, 4.69) is 10.2 Å². The maximum Gasteiger partial charge on any atom is 0.470 e. The molecular weight excluding hydrogens is 417 g/mol. The number of aromatic nitrogens is 2. The number of ether oxygens (including phenoxy) is 1. The van der Waals surface area contributed by atoms with Gasteiger partial charge in [-0.2, -0.15) is 13.2 Å². The number of benzene rings is 1. The van der Waals surface area contributed by atoms with E-state index < -0.39 is 23.9 Å². The van der Waals surface area contributed by atoms with Crippen LogP contribution in [0, 0.1) is 5.92 Å². The molecule has 0 bridgehead atoms. The molecule has 2 aliphatic rings. The molecule has 0 aliphatic carbocycles. The number of alkyl halides is 3. The zero-order valence-corrected chi connectivity index (χ0v) is 16.8. The summed E-state index contributed by atoms with van der Waals surface area (Å²) in [5.74, 6) is -2.24. The third kappa shape index (κ3) is 4.35. The number of likely N-dealkylation sites (tertiary alicyclic amines) is 1. The molecular formula is C20H21F3N4O4. The van der Waals surface area contributed by atoms with Crippen molar-refractivity contribution in [3.8, 4) is 5.75 Å². The number of amides is 2. The number of rotatable bonds is 4. The van der Waals surface area contributed by atoms with Gasteiger partial charge in [0.2, 0.25) is 17.7 Å². The number of carbonyl (C=O) groups is 2. The summed E-state index contributed by atoms with van der Waals surface area (Å²) in [5, 5.41) is 6.60. The average molecular weight is 438 g/mol. The van der Waals surface area contributed by atoms with Gasteiger partial charge >= 0.3 is 12.1 Å². The van der Waals surface area contributed by atoms with Gasteiger partial charge < -0.3 is 19.0 Å². The molecule has 0 N–H and O–H groups in total. The molecule has 2 aromatic rings. The molecule has 2 fully saturated rings. The Morgan fingerprint density at radius 1 is 1.26 bits per heavy atom. The van der Waals surface area contributed by atoms with Gasteiger partial charge in [0.15, 0.2) is 0 Å². The number of carbonyl (C=O) groups excluding carboxylic acids is 2. The number of piperidine rings is 1. The molecule has 1 aromatic heterocycles. The normalized spacial score (nSPS) is 22.1. The van der Waals surface area contributed by atoms with Crippen LogP contribution in [0.1, 0.15) is 37.0 Å². The maximum absolute atomic E-state index is 13.1. The highest BCUT2D eigenvalue weighted by Gasteiger charge is 2.41. The molecule has 0 spiro atoms. The largest absolute Gasteiger partial charge is 0.497 e. The van der Waals surface area contributed by atoms with Crippen LogP contribution in [0.5, 0.6) is 5.75 Å². The van der Waals surface area contributed by atoms with Crippen LogP contribution >= 0.6 is 0 Å². The van der Waals surface area contributed by atoms with Gasteiger partial charge in [-0.15, -0.1) is 10.2 Å². The molecule has 2 aliphatic heterocycles. The lowest BCUT2D eigenvalue weighted by Gasteiger charge is -2.32. The van der Waals surface area contributed by atoms with E-state index in [4.69, 9.17) is 9.15 Å². The summed E-state index contributed by atoms with van der Waals surface area (Å²) < 4.78 is 48.2. The van der Waals surface area contributed by atoms with Crippen molar-refractivity contribution in [3.63, 3.8) is 0 Å². The number of hydrogen-bond acceptors (Lipinski definition) is 6. The van der Waals surface area contributed by atoms with Crippen LogP contribution in [0.2, 0.25) is 0 Å². The van der Waals surface area contributed by atoms with E-state index in [1.54, 1.807) is 34.1 Å². The van der Waals surface area contributed by atoms with Gasteiger partial charge in [0, 0.05) is 37.8 Å². The SMILES string of the molecule is COc1cccc(N2CC(C(=O)N3CCCC(c4nnc(C(F)(F)F)o4)C3)CC2=O)c1. The second-order valence-electron chi connectivity index (χ2n) is 7.67. The number of nitrogens with zero attached hydrogens (tertiary/aromatic N) is 4. The van der Waals surface area contributed by atoms with Crippen molar-refractivity contribution in [1.82, 2.24) is 15.1 Å². The molecule has 166 valence electrons. The Morgan fingerprint density at radius 3 is 2.77 bits per heavy atom. The maximum atomic E-state index is 13.1. The first-order valence-electron chi connectivity index (χ1n) is 9.90. The van der Waals surface area contributed by atoms with Crippen molar-refractivity contribution in [2.75, 3.05) is 31.6 Å². The number of anilines is 1. The van der Waals surface area contributed by atoms with Crippen molar-refractivity contribution in [1.29, 1.82) is 0 Å². The summed E-state index contributed by atoms with van der Waals surface area (Å²) in [5.41, 5.74) is 0.654. The van der Waals surface area contributed by atoms with E-state index in [0.717, 1.165) is 0 Å². The fourth-order valence-corrected chi connectivity index (χ4v) is 4.05. The van der Waals surface area contributed by atoms with Crippen LogP contribution in [0.25, 0.3) is 0 Å². The van der Waals surface area contributed by atoms with E-state index in [-0.39, 0.29) is 37.2 Å². The van der Waals surface area contributed by atoms with Gasteiger partial charge in [-0.25, -0.2) is 0 Å². The van der Waals surface area contributed by atoms with Gasteiger partial charge in [-0.3, -0.25) is 9.59 Å². The first-order chi connectivity index (χ1) is 14.8. The highest BCUT2D eigenvalue weighted by Crippen LogP contribution is 2.34. The summed E-state index contributed by atoms with van der Waals surface area (Å²) in [7, 11) is 1.53. The zero-order valence-electron chi connectivity index (χ0n) is 16.8. The predicted molar refractivity (Wildman–Crippen MR) is 101 cm³/mol.